The maximum Gasteiger partial charge on any atom is 0.237 e. The minimum absolute atomic E-state index is 0.0648. The fraction of sp³-hybridized carbons (Fsp3) is 0.375. The van der Waals surface area contributed by atoms with E-state index in [0.717, 1.165) is 35.9 Å². The molecule has 1 N–H and O–H groups in total. The molecule has 21 heavy (non-hydrogen) atoms. The summed E-state index contributed by atoms with van der Waals surface area (Å²) >= 11 is 6.38. The predicted octanol–water partition coefficient (Wildman–Crippen LogP) is 2.60. The number of rotatable bonds is 3. The van der Waals surface area contributed by atoms with Crippen molar-refractivity contribution >= 4 is 28.4 Å². The number of carbonyl (C=O) groups excluding carboxylic acids is 1. The SMILES string of the molecule is CNC(=O)C1CCCN1Cc1c(Cl)ccc2cccnc12. The van der Waals surface area contributed by atoms with Gasteiger partial charge in [-0.25, -0.2) is 0 Å². The molecule has 1 fully saturated rings. The third-order valence-electron chi connectivity index (χ3n) is 4.10. The van der Waals surface area contributed by atoms with Crippen molar-refractivity contribution in [1.29, 1.82) is 0 Å². The van der Waals surface area contributed by atoms with Crippen LogP contribution in [0.1, 0.15) is 18.4 Å². The van der Waals surface area contributed by atoms with E-state index in [0.29, 0.717) is 11.6 Å². The lowest BCUT2D eigenvalue weighted by Crippen LogP contribution is -2.41. The molecule has 1 atom stereocenters. The normalized spacial score (nSPS) is 19.0. The molecule has 2 heterocycles. The summed E-state index contributed by atoms with van der Waals surface area (Å²) in [7, 11) is 1.69. The lowest BCUT2D eigenvalue weighted by molar-refractivity contribution is -0.125. The summed E-state index contributed by atoms with van der Waals surface area (Å²) < 4.78 is 0. The van der Waals surface area contributed by atoms with Gasteiger partial charge >= 0.3 is 0 Å². The number of amides is 1. The van der Waals surface area contributed by atoms with Crippen LogP contribution in [0.25, 0.3) is 10.9 Å². The van der Waals surface area contributed by atoms with Gasteiger partial charge in [0.1, 0.15) is 0 Å². The van der Waals surface area contributed by atoms with Crippen molar-refractivity contribution in [2.24, 2.45) is 0 Å². The van der Waals surface area contributed by atoms with Crippen LogP contribution in [0.3, 0.4) is 0 Å². The van der Waals surface area contributed by atoms with Gasteiger partial charge in [-0.1, -0.05) is 23.7 Å². The summed E-state index contributed by atoms with van der Waals surface area (Å²) in [5, 5.41) is 4.53. The van der Waals surface area contributed by atoms with Crippen molar-refractivity contribution in [1.82, 2.24) is 15.2 Å². The first-order valence-corrected chi connectivity index (χ1v) is 7.56. The highest BCUT2D eigenvalue weighted by atomic mass is 35.5. The van der Waals surface area contributed by atoms with Crippen molar-refractivity contribution in [2.75, 3.05) is 13.6 Å². The lowest BCUT2D eigenvalue weighted by atomic mass is 10.1. The second kappa shape index (κ2) is 6.00. The van der Waals surface area contributed by atoms with E-state index in [1.54, 1.807) is 13.2 Å². The molecule has 0 bridgehead atoms. The molecule has 2 aromatic rings. The second-order valence-corrected chi connectivity index (χ2v) is 5.75. The Morgan fingerprint density at radius 2 is 2.33 bits per heavy atom. The van der Waals surface area contributed by atoms with Crippen LogP contribution in [0.15, 0.2) is 30.5 Å². The van der Waals surface area contributed by atoms with Gasteiger partial charge in [-0.05, 0) is 31.5 Å². The Morgan fingerprint density at radius 3 is 3.14 bits per heavy atom. The standard InChI is InChI=1S/C16H18ClN3O/c1-18-16(21)14-5-3-9-20(14)10-12-13(17)7-6-11-4-2-8-19-15(11)12/h2,4,6-8,14H,3,5,9-10H2,1H3,(H,18,21). The first kappa shape index (κ1) is 14.3. The van der Waals surface area contributed by atoms with Gasteiger partial charge in [0, 0.05) is 35.8 Å². The van der Waals surface area contributed by atoms with Crippen LogP contribution in [-0.4, -0.2) is 35.4 Å². The number of nitrogens with one attached hydrogen (secondary N) is 1. The number of halogens is 1. The number of hydrogen-bond donors (Lipinski definition) is 1. The van der Waals surface area contributed by atoms with Crippen molar-refractivity contribution in [3.05, 3.63) is 41.0 Å². The Balaban J connectivity index is 1.94. The van der Waals surface area contributed by atoms with E-state index in [-0.39, 0.29) is 11.9 Å². The minimum atomic E-state index is -0.0648. The molecule has 1 unspecified atom stereocenters. The molecule has 1 amide bonds. The number of hydrogen-bond acceptors (Lipinski definition) is 3. The lowest BCUT2D eigenvalue weighted by Gasteiger charge is -2.24. The number of carbonyl (C=O) groups is 1. The molecule has 0 saturated carbocycles. The highest BCUT2D eigenvalue weighted by Crippen LogP contribution is 2.28. The molecular formula is C16H18ClN3O. The topological polar surface area (TPSA) is 45.2 Å². The van der Waals surface area contributed by atoms with Crippen molar-refractivity contribution in [3.8, 4) is 0 Å². The van der Waals surface area contributed by atoms with E-state index in [2.05, 4.69) is 15.2 Å². The number of aromatic nitrogens is 1. The molecule has 110 valence electrons. The number of likely N-dealkylation sites (tertiary alicyclic amines) is 1. The maximum atomic E-state index is 12.0. The Kier molecular flexibility index (Phi) is 4.08. The smallest absolute Gasteiger partial charge is 0.237 e. The first-order valence-electron chi connectivity index (χ1n) is 7.18. The molecular weight excluding hydrogens is 286 g/mol. The van der Waals surface area contributed by atoms with Crippen LogP contribution in [0.5, 0.6) is 0 Å². The van der Waals surface area contributed by atoms with Gasteiger partial charge in [0.2, 0.25) is 5.91 Å². The average Bonchev–Trinajstić information content (AvgIpc) is 2.97. The maximum absolute atomic E-state index is 12.0. The van der Waals surface area contributed by atoms with E-state index in [9.17, 15) is 4.79 Å². The number of pyridine rings is 1. The van der Waals surface area contributed by atoms with Crippen LogP contribution >= 0.6 is 11.6 Å². The van der Waals surface area contributed by atoms with Crippen LogP contribution < -0.4 is 5.32 Å². The van der Waals surface area contributed by atoms with Gasteiger partial charge in [-0.2, -0.15) is 0 Å². The van der Waals surface area contributed by atoms with Gasteiger partial charge in [-0.3, -0.25) is 14.7 Å². The van der Waals surface area contributed by atoms with E-state index in [4.69, 9.17) is 11.6 Å². The Labute approximate surface area is 129 Å². The molecule has 0 aliphatic carbocycles. The zero-order chi connectivity index (χ0) is 14.8. The zero-order valence-corrected chi connectivity index (χ0v) is 12.7. The van der Waals surface area contributed by atoms with Crippen LogP contribution in [0, 0.1) is 0 Å². The second-order valence-electron chi connectivity index (χ2n) is 5.34. The summed E-state index contributed by atoms with van der Waals surface area (Å²) in [6.45, 7) is 1.57. The average molecular weight is 304 g/mol. The molecule has 0 spiro atoms. The Bertz CT molecular complexity index is 674. The van der Waals surface area contributed by atoms with Gasteiger partial charge in [0.05, 0.1) is 11.6 Å². The minimum Gasteiger partial charge on any atom is -0.358 e. The van der Waals surface area contributed by atoms with Gasteiger partial charge in [0.25, 0.3) is 0 Å². The van der Waals surface area contributed by atoms with E-state index >= 15 is 0 Å². The molecule has 1 saturated heterocycles. The molecule has 0 radical (unpaired) electrons. The highest BCUT2D eigenvalue weighted by molar-refractivity contribution is 6.32. The Morgan fingerprint density at radius 1 is 1.48 bits per heavy atom. The summed E-state index contributed by atoms with van der Waals surface area (Å²) in [6.07, 6.45) is 3.71. The number of fused-ring (bicyclic) bond motifs is 1. The summed E-state index contributed by atoms with van der Waals surface area (Å²) in [6, 6.07) is 7.77. The Hall–Kier alpha value is -1.65. The molecule has 1 aromatic carbocycles. The zero-order valence-electron chi connectivity index (χ0n) is 12.0. The van der Waals surface area contributed by atoms with Crippen LogP contribution in [-0.2, 0) is 11.3 Å². The van der Waals surface area contributed by atoms with E-state index in [1.165, 1.54) is 0 Å². The third kappa shape index (κ3) is 2.74. The monoisotopic (exact) mass is 303 g/mol. The fourth-order valence-electron chi connectivity index (χ4n) is 3.01. The molecule has 4 nitrogen and oxygen atoms in total. The number of benzene rings is 1. The quantitative estimate of drug-likeness (QED) is 0.948. The van der Waals surface area contributed by atoms with E-state index < -0.39 is 0 Å². The summed E-state index contributed by atoms with van der Waals surface area (Å²) in [4.78, 5) is 18.6. The van der Waals surface area contributed by atoms with Gasteiger partial charge < -0.3 is 5.32 Å². The van der Waals surface area contributed by atoms with Crippen LogP contribution in [0.2, 0.25) is 5.02 Å². The largest absolute Gasteiger partial charge is 0.358 e. The van der Waals surface area contributed by atoms with Crippen LogP contribution in [0.4, 0.5) is 0 Å². The number of nitrogens with zero attached hydrogens (tertiary/aromatic N) is 2. The summed E-state index contributed by atoms with van der Waals surface area (Å²) in [5.74, 6) is 0.0804. The third-order valence-corrected chi connectivity index (χ3v) is 4.45. The van der Waals surface area contributed by atoms with Gasteiger partial charge in [0.15, 0.2) is 0 Å². The van der Waals surface area contributed by atoms with E-state index in [1.807, 2.05) is 24.3 Å². The molecule has 1 aliphatic heterocycles. The first-order chi connectivity index (χ1) is 10.2. The fourth-order valence-corrected chi connectivity index (χ4v) is 3.23. The molecule has 3 rings (SSSR count). The van der Waals surface area contributed by atoms with Crippen molar-refractivity contribution < 1.29 is 4.79 Å². The molecule has 1 aromatic heterocycles. The van der Waals surface area contributed by atoms with Crippen molar-refractivity contribution in [2.45, 2.75) is 25.4 Å². The highest BCUT2D eigenvalue weighted by Gasteiger charge is 2.30. The number of likely N-dealkylation sites (N-methyl/N-ethyl adjacent to an activating group) is 1. The summed E-state index contributed by atoms with van der Waals surface area (Å²) in [5.41, 5.74) is 1.93. The molecule has 5 heteroatoms. The van der Waals surface area contributed by atoms with Gasteiger partial charge in [-0.15, -0.1) is 0 Å². The van der Waals surface area contributed by atoms with Crippen molar-refractivity contribution in [3.63, 3.8) is 0 Å². The predicted molar refractivity (Wildman–Crippen MR) is 84.3 cm³/mol. The molecule has 1 aliphatic rings.